The largest absolute Gasteiger partial charge is 0.446 e. The number of amides is 2. The first-order valence-electron chi connectivity index (χ1n) is 4.72. The van der Waals surface area contributed by atoms with E-state index in [1.165, 1.54) is 22.4 Å². The first kappa shape index (κ1) is 10.4. The van der Waals surface area contributed by atoms with Crippen LogP contribution in [0.4, 0.5) is 9.59 Å². The van der Waals surface area contributed by atoms with Gasteiger partial charge in [-0.3, -0.25) is 0 Å². The van der Waals surface area contributed by atoms with Gasteiger partial charge < -0.3 is 9.47 Å². The van der Waals surface area contributed by atoms with E-state index in [1.54, 1.807) is 0 Å². The molecule has 0 aromatic rings. The fourth-order valence-corrected chi connectivity index (χ4v) is 1.20. The summed E-state index contributed by atoms with van der Waals surface area (Å²) in [5.41, 5.74) is 0. The molecule has 0 aliphatic carbocycles. The number of hydrogen-bond acceptors (Lipinski definition) is 6. The topological polar surface area (TPSA) is 83.8 Å². The number of ether oxygens (including phenoxy) is 2. The maximum Gasteiger partial charge on any atom is 0.430 e. The maximum atomic E-state index is 10.9. The average molecular weight is 226 g/mol. The fraction of sp³-hybridized carbons (Fsp3) is 0.500. The zero-order valence-corrected chi connectivity index (χ0v) is 8.40. The van der Waals surface area contributed by atoms with Crippen LogP contribution < -0.4 is 0 Å². The quantitative estimate of drug-likeness (QED) is 0.627. The molecule has 0 atom stereocenters. The molecule has 0 unspecified atom stereocenters. The van der Waals surface area contributed by atoms with Gasteiger partial charge in [0.05, 0.1) is 25.5 Å². The maximum absolute atomic E-state index is 10.9. The molecule has 2 amide bonds. The highest BCUT2D eigenvalue weighted by atomic mass is 16.6. The van der Waals surface area contributed by atoms with Crippen LogP contribution in [0.5, 0.6) is 0 Å². The molecule has 0 bridgehead atoms. The molecule has 0 radical (unpaired) electrons. The predicted octanol–water partition coefficient (Wildman–Crippen LogP) is -0.138. The number of hydrogen-bond donors (Lipinski definition) is 0. The first-order chi connectivity index (χ1) is 7.77. The second kappa shape index (κ2) is 4.60. The second-order valence-corrected chi connectivity index (χ2v) is 3.00. The van der Waals surface area contributed by atoms with Crippen LogP contribution in [0.15, 0.2) is 10.2 Å². The fourth-order valence-electron chi connectivity index (χ4n) is 1.20. The monoisotopic (exact) mass is 226 g/mol. The van der Waals surface area contributed by atoms with Gasteiger partial charge in [0, 0.05) is 0 Å². The molecule has 8 heteroatoms. The van der Waals surface area contributed by atoms with Gasteiger partial charge in [0.15, 0.2) is 0 Å². The smallest absolute Gasteiger partial charge is 0.430 e. The van der Waals surface area contributed by atoms with Gasteiger partial charge in [-0.25, -0.2) is 9.59 Å². The normalized spacial score (nSPS) is 21.2. The van der Waals surface area contributed by atoms with E-state index in [2.05, 4.69) is 19.7 Å². The van der Waals surface area contributed by atoms with E-state index in [0.29, 0.717) is 26.3 Å². The van der Waals surface area contributed by atoms with E-state index in [4.69, 9.17) is 0 Å². The highest BCUT2D eigenvalue weighted by Gasteiger charge is 2.21. The Bertz CT molecular complexity index is 320. The number of nitrogens with zero attached hydrogens (tertiary/aromatic N) is 4. The van der Waals surface area contributed by atoms with E-state index in [0.717, 1.165) is 0 Å². The lowest BCUT2D eigenvalue weighted by Gasteiger charge is -2.03. The standard InChI is InChI=1S/C8H10N4O4/c13-7-11(3-5-15-7)9-1-2-10-12-4-6-16-8(12)14/h1-2H,3-6H2/b9-1-,10-2-. The second-order valence-electron chi connectivity index (χ2n) is 3.00. The Hall–Kier alpha value is -2.12. The van der Waals surface area contributed by atoms with Crippen molar-refractivity contribution in [3.05, 3.63) is 0 Å². The van der Waals surface area contributed by atoms with Crippen molar-refractivity contribution in [2.45, 2.75) is 0 Å². The molecular weight excluding hydrogens is 216 g/mol. The zero-order valence-electron chi connectivity index (χ0n) is 8.40. The average Bonchev–Trinajstić information content (AvgIpc) is 2.84. The summed E-state index contributed by atoms with van der Waals surface area (Å²) >= 11 is 0. The first-order valence-corrected chi connectivity index (χ1v) is 4.72. The van der Waals surface area contributed by atoms with Gasteiger partial charge in [0.25, 0.3) is 0 Å². The molecule has 2 heterocycles. The molecule has 2 saturated heterocycles. The molecule has 0 saturated carbocycles. The highest BCUT2D eigenvalue weighted by molar-refractivity contribution is 6.16. The summed E-state index contributed by atoms with van der Waals surface area (Å²) in [6.45, 7) is 1.53. The van der Waals surface area contributed by atoms with Crippen molar-refractivity contribution < 1.29 is 19.1 Å². The van der Waals surface area contributed by atoms with Crippen LogP contribution in [-0.4, -0.2) is 60.9 Å². The Morgan fingerprint density at radius 1 is 0.938 bits per heavy atom. The van der Waals surface area contributed by atoms with Crippen molar-refractivity contribution in [3.8, 4) is 0 Å². The summed E-state index contributed by atoms with van der Waals surface area (Å²) in [7, 11) is 0. The molecule has 2 aliphatic rings. The third-order valence-electron chi connectivity index (χ3n) is 1.96. The molecule has 8 nitrogen and oxygen atoms in total. The SMILES string of the molecule is O=C1OCCN1/N=C\C=N/N1CCOC1=O. The van der Waals surface area contributed by atoms with Crippen LogP contribution in [0, 0.1) is 0 Å². The van der Waals surface area contributed by atoms with E-state index >= 15 is 0 Å². The zero-order chi connectivity index (χ0) is 11.4. The highest BCUT2D eigenvalue weighted by Crippen LogP contribution is 2.03. The molecule has 16 heavy (non-hydrogen) atoms. The lowest BCUT2D eigenvalue weighted by molar-refractivity contribution is 0.158. The van der Waals surface area contributed by atoms with Gasteiger partial charge in [-0.15, -0.1) is 0 Å². The molecule has 86 valence electrons. The van der Waals surface area contributed by atoms with Gasteiger partial charge in [-0.1, -0.05) is 0 Å². The van der Waals surface area contributed by atoms with Gasteiger partial charge >= 0.3 is 12.2 Å². The van der Waals surface area contributed by atoms with Crippen molar-refractivity contribution in [2.75, 3.05) is 26.3 Å². The third-order valence-corrected chi connectivity index (χ3v) is 1.96. The number of carbonyl (C=O) groups is 2. The number of hydrazone groups is 2. The van der Waals surface area contributed by atoms with Crippen LogP contribution in [0.3, 0.4) is 0 Å². The summed E-state index contributed by atoms with van der Waals surface area (Å²) in [5.74, 6) is 0. The Kier molecular flexibility index (Phi) is 2.99. The summed E-state index contributed by atoms with van der Waals surface area (Å²) in [5, 5.41) is 9.94. The summed E-state index contributed by atoms with van der Waals surface area (Å²) in [6.07, 6.45) is 1.67. The van der Waals surface area contributed by atoms with Gasteiger partial charge in [-0.05, 0) is 0 Å². The number of cyclic esters (lactones) is 2. The number of rotatable bonds is 3. The third kappa shape index (κ3) is 2.27. The van der Waals surface area contributed by atoms with Crippen molar-refractivity contribution in [1.29, 1.82) is 0 Å². The molecule has 0 N–H and O–H groups in total. The van der Waals surface area contributed by atoms with E-state index in [1.807, 2.05) is 0 Å². The van der Waals surface area contributed by atoms with Gasteiger partial charge in [0.2, 0.25) is 0 Å². The van der Waals surface area contributed by atoms with Crippen LogP contribution in [0.2, 0.25) is 0 Å². The van der Waals surface area contributed by atoms with E-state index < -0.39 is 12.2 Å². The van der Waals surface area contributed by atoms with Crippen LogP contribution in [0.25, 0.3) is 0 Å². The van der Waals surface area contributed by atoms with Crippen LogP contribution >= 0.6 is 0 Å². The summed E-state index contributed by atoms with van der Waals surface area (Å²) in [4.78, 5) is 21.9. The minimum Gasteiger partial charge on any atom is -0.446 e. The molecule has 2 fully saturated rings. The molecular formula is C8H10N4O4. The van der Waals surface area contributed by atoms with Crippen LogP contribution in [-0.2, 0) is 9.47 Å². The van der Waals surface area contributed by atoms with Crippen LogP contribution in [0.1, 0.15) is 0 Å². The van der Waals surface area contributed by atoms with Crippen molar-refractivity contribution in [3.63, 3.8) is 0 Å². The van der Waals surface area contributed by atoms with E-state index in [-0.39, 0.29) is 0 Å². The molecule has 2 aliphatic heterocycles. The van der Waals surface area contributed by atoms with Gasteiger partial charge in [0.1, 0.15) is 13.2 Å². The summed E-state index contributed by atoms with van der Waals surface area (Å²) in [6, 6.07) is 0. The van der Waals surface area contributed by atoms with Crippen molar-refractivity contribution >= 4 is 24.6 Å². The molecule has 2 rings (SSSR count). The molecule has 0 spiro atoms. The lowest BCUT2D eigenvalue weighted by Crippen LogP contribution is -2.19. The Labute approximate surface area is 91.1 Å². The number of carbonyl (C=O) groups excluding carboxylic acids is 2. The Balaban J connectivity index is 1.82. The van der Waals surface area contributed by atoms with Crippen molar-refractivity contribution in [1.82, 2.24) is 10.0 Å². The molecule has 0 aromatic heterocycles. The minimum absolute atomic E-state index is 0.339. The predicted molar refractivity (Wildman–Crippen MR) is 53.1 cm³/mol. The van der Waals surface area contributed by atoms with E-state index in [9.17, 15) is 9.59 Å². The Morgan fingerprint density at radius 2 is 1.38 bits per heavy atom. The van der Waals surface area contributed by atoms with Gasteiger partial charge in [-0.2, -0.15) is 20.2 Å². The summed E-state index contributed by atoms with van der Waals surface area (Å²) < 4.78 is 9.31. The molecule has 0 aromatic carbocycles. The lowest BCUT2D eigenvalue weighted by atomic mass is 10.7. The minimum atomic E-state index is -0.481. The Morgan fingerprint density at radius 3 is 1.69 bits per heavy atom. The van der Waals surface area contributed by atoms with Crippen molar-refractivity contribution in [2.24, 2.45) is 10.2 Å².